The first-order chi connectivity index (χ1) is 15.1. The Morgan fingerprint density at radius 2 is 1.58 bits per heavy atom. The van der Waals surface area contributed by atoms with Crippen LogP contribution >= 0.6 is 0 Å². The largest absolute Gasteiger partial charge is 0.457 e. The van der Waals surface area contributed by atoms with Crippen LogP contribution in [-0.4, -0.2) is 18.0 Å². The monoisotopic (exact) mass is 415 g/mol. The van der Waals surface area contributed by atoms with Gasteiger partial charge in [0.25, 0.3) is 5.91 Å². The van der Waals surface area contributed by atoms with Crippen LogP contribution in [0, 0.1) is 0 Å². The number of para-hydroxylation sites is 1. The van der Waals surface area contributed by atoms with E-state index in [1.54, 1.807) is 31.2 Å². The van der Waals surface area contributed by atoms with Crippen molar-refractivity contribution in [1.82, 2.24) is 5.32 Å². The number of hydrogen-bond acceptors (Lipinski definition) is 4. The van der Waals surface area contributed by atoms with Crippen LogP contribution < -0.4 is 10.1 Å². The summed E-state index contributed by atoms with van der Waals surface area (Å²) in [6.45, 7) is 1.59. The lowest BCUT2D eigenvalue weighted by molar-refractivity contribution is -0.130. The Morgan fingerprint density at radius 1 is 0.903 bits per heavy atom. The molecule has 1 aliphatic rings. The van der Waals surface area contributed by atoms with E-state index >= 15 is 0 Å². The van der Waals surface area contributed by atoms with E-state index in [1.807, 2.05) is 42.5 Å². The minimum atomic E-state index is -0.887. The zero-order valence-corrected chi connectivity index (χ0v) is 17.4. The standard InChI is InChI=1S/C26H25NO4/c1-18(25(28)27-24-13-7-9-19-8-5-6-12-23(19)24)30-26(29)20-14-16-22(17-15-20)31-21-10-3-2-4-11-21/h2-6,8,10-12,14-18,24H,7,9,13H2,1H3,(H,27,28)/t18-,24+/m0/s1. The van der Waals surface area contributed by atoms with Gasteiger partial charge in [0, 0.05) is 0 Å². The summed E-state index contributed by atoms with van der Waals surface area (Å²) in [5.41, 5.74) is 2.78. The molecule has 0 heterocycles. The molecule has 1 N–H and O–H groups in total. The third kappa shape index (κ3) is 5.12. The summed E-state index contributed by atoms with van der Waals surface area (Å²) in [4.78, 5) is 25.1. The third-order valence-corrected chi connectivity index (χ3v) is 5.41. The topological polar surface area (TPSA) is 64.6 Å². The van der Waals surface area contributed by atoms with Gasteiger partial charge < -0.3 is 14.8 Å². The number of fused-ring (bicyclic) bond motifs is 1. The van der Waals surface area contributed by atoms with E-state index < -0.39 is 12.1 Å². The van der Waals surface area contributed by atoms with Gasteiger partial charge in [0.2, 0.25) is 0 Å². The fraction of sp³-hybridized carbons (Fsp3) is 0.231. The van der Waals surface area contributed by atoms with Crippen molar-refractivity contribution < 1.29 is 19.1 Å². The van der Waals surface area contributed by atoms with Gasteiger partial charge in [0.05, 0.1) is 11.6 Å². The summed E-state index contributed by atoms with van der Waals surface area (Å²) in [5.74, 6) is 0.494. The maximum absolute atomic E-state index is 12.6. The summed E-state index contributed by atoms with van der Waals surface area (Å²) in [5, 5.41) is 3.03. The van der Waals surface area contributed by atoms with Crippen LogP contribution in [0.4, 0.5) is 0 Å². The Kier molecular flexibility index (Phi) is 6.32. The quantitative estimate of drug-likeness (QED) is 0.561. The highest BCUT2D eigenvalue weighted by Gasteiger charge is 2.25. The SMILES string of the molecule is C[C@H](OC(=O)c1ccc(Oc2ccccc2)cc1)C(=O)N[C@@H]1CCCc2ccccc21. The molecule has 1 amide bonds. The second-order valence-corrected chi connectivity index (χ2v) is 7.64. The Bertz CT molecular complexity index is 1050. The highest BCUT2D eigenvalue weighted by atomic mass is 16.5. The molecule has 0 saturated carbocycles. The first kappa shape index (κ1) is 20.7. The molecule has 0 fully saturated rings. The van der Waals surface area contributed by atoms with Crippen LogP contribution in [0.2, 0.25) is 0 Å². The van der Waals surface area contributed by atoms with E-state index in [4.69, 9.17) is 9.47 Å². The van der Waals surface area contributed by atoms with Crippen molar-refractivity contribution in [2.24, 2.45) is 0 Å². The van der Waals surface area contributed by atoms with E-state index in [0.717, 1.165) is 24.8 Å². The lowest BCUT2D eigenvalue weighted by atomic mass is 9.87. The number of rotatable bonds is 6. The lowest BCUT2D eigenvalue weighted by Gasteiger charge is -2.27. The van der Waals surface area contributed by atoms with Crippen LogP contribution in [0.1, 0.15) is 47.3 Å². The number of hydrogen-bond donors (Lipinski definition) is 1. The fourth-order valence-corrected chi connectivity index (χ4v) is 3.76. The number of aryl methyl sites for hydroxylation is 1. The molecule has 2 atom stereocenters. The molecule has 31 heavy (non-hydrogen) atoms. The first-order valence-electron chi connectivity index (χ1n) is 10.5. The van der Waals surface area contributed by atoms with Crippen LogP contribution in [0.15, 0.2) is 78.9 Å². The number of carbonyl (C=O) groups excluding carboxylic acids is 2. The number of ether oxygens (including phenoxy) is 2. The summed E-state index contributed by atoms with van der Waals surface area (Å²) in [6.07, 6.45) is 2.04. The Balaban J connectivity index is 1.33. The number of carbonyl (C=O) groups is 2. The fourth-order valence-electron chi connectivity index (χ4n) is 3.76. The molecule has 3 aromatic carbocycles. The number of esters is 1. The van der Waals surface area contributed by atoms with Crippen molar-refractivity contribution >= 4 is 11.9 Å². The minimum Gasteiger partial charge on any atom is -0.457 e. The number of nitrogens with one attached hydrogen (secondary N) is 1. The van der Waals surface area contributed by atoms with E-state index in [1.165, 1.54) is 5.56 Å². The molecule has 0 spiro atoms. The van der Waals surface area contributed by atoms with E-state index in [2.05, 4.69) is 17.4 Å². The van der Waals surface area contributed by atoms with Gasteiger partial charge in [0.15, 0.2) is 6.10 Å². The van der Waals surface area contributed by atoms with Crippen molar-refractivity contribution in [3.05, 3.63) is 95.6 Å². The maximum atomic E-state index is 12.6. The van der Waals surface area contributed by atoms with Gasteiger partial charge in [-0.3, -0.25) is 4.79 Å². The minimum absolute atomic E-state index is 0.0481. The zero-order chi connectivity index (χ0) is 21.6. The molecular formula is C26H25NO4. The predicted molar refractivity (Wildman–Crippen MR) is 118 cm³/mol. The van der Waals surface area contributed by atoms with Crippen LogP contribution in [0.25, 0.3) is 0 Å². The van der Waals surface area contributed by atoms with E-state index in [9.17, 15) is 9.59 Å². The molecule has 0 bridgehead atoms. The smallest absolute Gasteiger partial charge is 0.338 e. The zero-order valence-electron chi connectivity index (χ0n) is 17.4. The summed E-state index contributed by atoms with van der Waals surface area (Å²) >= 11 is 0. The molecule has 1 aliphatic carbocycles. The summed E-state index contributed by atoms with van der Waals surface area (Å²) in [6, 6.07) is 24.2. The molecule has 0 saturated heterocycles. The number of amides is 1. The van der Waals surface area contributed by atoms with E-state index in [-0.39, 0.29) is 11.9 Å². The predicted octanol–water partition coefficient (Wildman–Crippen LogP) is 5.22. The van der Waals surface area contributed by atoms with Crippen molar-refractivity contribution in [2.45, 2.75) is 38.3 Å². The maximum Gasteiger partial charge on any atom is 0.338 e. The molecule has 0 unspecified atom stereocenters. The lowest BCUT2D eigenvalue weighted by Crippen LogP contribution is -2.39. The molecule has 0 aromatic heterocycles. The normalized spacial score (nSPS) is 16.0. The molecule has 0 radical (unpaired) electrons. The molecule has 3 aromatic rings. The van der Waals surface area contributed by atoms with Gasteiger partial charge >= 0.3 is 5.97 Å². The molecule has 5 heteroatoms. The number of benzene rings is 3. The Labute approximate surface area is 182 Å². The van der Waals surface area contributed by atoms with Crippen molar-refractivity contribution in [2.75, 3.05) is 0 Å². The molecule has 4 rings (SSSR count). The van der Waals surface area contributed by atoms with Gasteiger partial charge in [-0.25, -0.2) is 4.79 Å². The van der Waals surface area contributed by atoms with Gasteiger partial charge in [-0.2, -0.15) is 0 Å². The highest BCUT2D eigenvalue weighted by Crippen LogP contribution is 2.29. The van der Waals surface area contributed by atoms with Crippen LogP contribution in [0.3, 0.4) is 0 Å². The van der Waals surface area contributed by atoms with Crippen LogP contribution in [0.5, 0.6) is 11.5 Å². The first-order valence-corrected chi connectivity index (χ1v) is 10.5. The molecule has 0 aliphatic heterocycles. The van der Waals surface area contributed by atoms with Gasteiger partial charge in [-0.1, -0.05) is 42.5 Å². The Morgan fingerprint density at radius 3 is 2.35 bits per heavy atom. The second-order valence-electron chi connectivity index (χ2n) is 7.64. The van der Waals surface area contributed by atoms with Gasteiger partial charge in [-0.15, -0.1) is 0 Å². The van der Waals surface area contributed by atoms with E-state index in [0.29, 0.717) is 17.1 Å². The molecular weight excluding hydrogens is 390 g/mol. The average Bonchev–Trinajstić information content (AvgIpc) is 2.80. The summed E-state index contributed by atoms with van der Waals surface area (Å²) in [7, 11) is 0. The van der Waals surface area contributed by atoms with Crippen molar-refractivity contribution in [3.63, 3.8) is 0 Å². The molecule has 5 nitrogen and oxygen atoms in total. The molecule has 158 valence electrons. The average molecular weight is 415 g/mol. The van der Waals surface area contributed by atoms with Gasteiger partial charge in [-0.05, 0) is 73.7 Å². The third-order valence-electron chi connectivity index (χ3n) is 5.41. The van der Waals surface area contributed by atoms with Crippen molar-refractivity contribution in [1.29, 1.82) is 0 Å². The van der Waals surface area contributed by atoms with Crippen molar-refractivity contribution in [3.8, 4) is 11.5 Å². The van der Waals surface area contributed by atoms with Crippen LogP contribution in [-0.2, 0) is 16.0 Å². The highest BCUT2D eigenvalue weighted by molar-refractivity contribution is 5.92. The second kappa shape index (κ2) is 9.47. The summed E-state index contributed by atoms with van der Waals surface area (Å²) < 4.78 is 11.1. The Hall–Kier alpha value is -3.60. The van der Waals surface area contributed by atoms with Gasteiger partial charge in [0.1, 0.15) is 11.5 Å².